The van der Waals surface area contributed by atoms with Crippen molar-refractivity contribution in [2.24, 2.45) is 65.1 Å². The second-order valence-electron chi connectivity index (χ2n) is 28.2. The number of allylic oxidation sites excluding steroid dienone is 4. The molecule has 0 radical (unpaired) electrons. The van der Waals surface area contributed by atoms with Crippen molar-refractivity contribution in [2.45, 2.75) is 343 Å². The van der Waals surface area contributed by atoms with Gasteiger partial charge in [-0.2, -0.15) is 11.8 Å². The van der Waals surface area contributed by atoms with Crippen LogP contribution in [0.15, 0.2) is 30.5 Å². The molecule has 10 nitrogen and oxygen atoms in total. The van der Waals surface area contributed by atoms with Crippen molar-refractivity contribution < 1.29 is 23.9 Å². The highest BCUT2D eigenvalue weighted by Gasteiger charge is 2.15. The molecule has 0 aliphatic rings. The molecule has 0 fully saturated rings. The summed E-state index contributed by atoms with van der Waals surface area (Å²) >= 11 is 2.01. The Morgan fingerprint density at radius 2 is 0.859 bits per heavy atom. The van der Waals surface area contributed by atoms with Crippen LogP contribution in [0.2, 0.25) is 0 Å². The maximum atomic E-state index is 11.2. The van der Waals surface area contributed by atoms with Gasteiger partial charge >= 0.3 is 5.97 Å². The number of carbonyl (C=O) groups is 3. The van der Waals surface area contributed by atoms with E-state index in [9.17, 15) is 14.4 Å². The Hall–Kier alpha value is -3.10. The minimum atomic E-state index is -0.120. The molecule has 510 valence electrons. The zero-order valence-electron chi connectivity index (χ0n) is 64.6. The van der Waals surface area contributed by atoms with Gasteiger partial charge in [-0.15, -0.1) is 16.9 Å². The van der Waals surface area contributed by atoms with E-state index in [0.29, 0.717) is 65.7 Å². The number of ether oxygens (including phenoxy) is 2. The first kappa shape index (κ1) is 101. The van der Waals surface area contributed by atoms with Gasteiger partial charge in [0.2, 0.25) is 11.8 Å². The van der Waals surface area contributed by atoms with Gasteiger partial charge in [0.05, 0.1) is 29.9 Å². The number of nitrogens with one attached hydrogen (secondary N) is 1. The third kappa shape index (κ3) is 103. The van der Waals surface area contributed by atoms with Crippen molar-refractivity contribution in [3.63, 3.8) is 0 Å². The fourth-order valence-corrected chi connectivity index (χ4v) is 6.35. The van der Waals surface area contributed by atoms with Gasteiger partial charge in [0.15, 0.2) is 0 Å². The maximum absolute atomic E-state index is 11.2. The van der Waals surface area contributed by atoms with Crippen LogP contribution < -0.4 is 5.32 Å². The van der Waals surface area contributed by atoms with Crippen molar-refractivity contribution in [1.29, 1.82) is 0 Å². The summed E-state index contributed by atoms with van der Waals surface area (Å²) in [5.41, 5.74) is 1.07. The molecule has 0 unspecified atom stereocenters. The largest absolute Gasteiger partial charge is 0.463 e. The van der Waals surface area contributed by atoms with Gasteiger partial charge in [0.25, 0.3) is 0 Å². The van der Waals surface area contributed by atoms with Crippen LogP contribution in [0.5, 0.6) is 0 Å². The van der Waals surface area contributed by atoms with E-state index in [1.165, 1.54) is 12.8 Å². The minimum absolute atomic E-state index is 0.00704. The molecule has 11 heteroatoms. The van der Waals surface area contributed by atoms with Crippen LogP contribution in [0.3, 0.4) is 0 Å². The molecule has 0 saturated heterocycles. The van der Waals surface area contributed by atoms with E-state index in [4.69, 9.17) is 9.47 Å². The highest BCUT2D eigenvalue weighted by Crippen LogP contribution is 2.15. The maximum Gasteiger partial charge on any atom is 0.308 e. The summed E-state index contributed by atoms with van der Waals surface area (Å²) in [6, 6.07) is 0.991. The molecule has 1 aromatic rings. The average Bonchev–Trinajstić information content (AvgIpc) is 3.83. The van der Waals surface area contributed by atoms with E-state index < -0.39 is 0 Å². The zero-order chi connectivity index (χ0) is 69.6. The van der Waals surface area contributed by atoms with Crippen molar-refractivity contribution in [2.75, 3.05) is 7.05 Å². The molecule has 0 aliphatic carbocycles. The van der Waals surface area contributed by atoms with Gasteiger partial charge < -0.3 is 19.7 Å². The minimum Gasteiger partial charge on any atom is -0.463 e. The number of thioether (sulfide) groups is 1. The third-order valence-corrected chi connectivity index (χ3v) is 11.0. The van der Waals surface area contributed by atoms with Gasteiger partial charge in [-0.25, -0.2) is 4.68 Å². The van der Waals surface area contributed by atoms with Gasteiger partial charge in [0.1, 0.15) is 0 Å². The molecule has 1 rings (SSSR count). The average molecular weight is 1230 g/mol. The van der Waals surface area contributed by atoms with Crippen LogP contribution >= 0.6 is 11.8 Å². The molecule has 0 bridgehead atoms. The van der Waals surface area contributed by atoms with E-state index in [0.717, 1.165) is 28.0 Å². The van der Waals surface area contributed by atoms with E-state index in [-0.39, 0.29) is 47.7 Å². The number of esters is 1. The summed E-state index contributed by atoms with van der Waals surface area (Å²) in [5.74, 6) is 12.8. The second kappa shape index (κ2) is 63.9. The third-order valence-electron chi connectivity index (χ3n) is 9.88. The Labute approximate surface area is 538 Å². The number of aromatic nitrogens is 3. The fraction of sp³-hybridized carbons (Fsp3) is 0.851. The van der Waals surface area contributed by atoms with Gasteiger partial charge in [-0.05, 0) is 135 Å². The fourth-order valence-electron chi connectivity index (χ4n) is 5.27. The summed E-state index contributed by atoms with van der Waals surface area (Å²) in [6.45, 7) is 83.5. The number of carbonyl (C=O) groups excluding carboxylic acids is 3. The van der Waals surface area contributed by atoms with E-state index in [1.54, 1.807) is 4.90 Å². The Kier molecular flexibility index (Phi) is 75.8. The number of amides is 2. The van der Waals surface area contributed by atoms with Crippen LogP contribution in [0.4, 0.5) is 0 Å². The lowest BCUT2D eigenvalue weighted by Gasteiger charge is -2.23. The predicted octanol–water partition coefficient (Wildman–Crippen LogP) is 21.7. The van der Waals surface area contributed by atoms with Gasteiger partial charge in [-0.1, -0.05) is 236 Å². The van der Waals surface area contributed by atoms with Crippen LogP contribution in [-0.4, -0.2) is 85.6 Å². The zero-order valence-corrected chi connectivity index (χ0v) is 65.4. The predicted molar refractivity (Wildman–Crippen MR) is 385 cm³/mol. The van der Waals surface area contributed by atoms with E-state index >= 15 is 0 Å². The molecule has 0 aromatic carbocycles. The first-order chi connectivity index (χ1) is 38.4. The number of hydrogen-bond acceptors (Lipinski definition) is 8. The van der Waals surface area contributed by atoms with Gasteiger partial charge in [-0.3, -0.25) is 14.4 Å². The molecule has 0 aliphatic heterocycles. The second-order valence-corrected chi connectivity index (χ2v) is 30.4. The SMILES string of the molecule is CC(C)/C=C/C(C)C.CC(C)/C=C\C(C)C.CC(C)C#CC(C)C.CC(C)C(=O)N(C)C(C)C.CC(C)CCC(C)C.CC(C)NC(=O)C(C)C.CC(C)OC(=O)C(C)C.CC(C)OC(C)C.CC(C)SC(C)C.CC(C)c1cn(C(C)C)nn1. The van der Waals surface area contributed by atoms with Crippen LogP contribution in [0.25, 0.3) is 0 Å². The highest BCUT2D eigenvalue weighted by atomic mass is 32.2. The number of hydrogen-bond donors (Lipinski definition) is 1. The quantitative estimate of drug-likeness (QED) is 0.0827. The lowest BCUT2D eigenvalue weighted by molar-refractivity contribution is -0.151. The normalized spacial score (nSPS) is 11.0. The van der Waals surface area contributed by atoms with Crippen molar-refractivity contribution >= 4 is 29.5 Å². The Morgan fingerprint density at radius 3 is 0.965 bits per heavy atom. The smallest absolute Gasteiger partial charge is 0.308 e. The summed E-state index contributed by atoms with van der Waals surface area (Å²) in [6.07, 6.45) is 14.5. The molecular formula is C74H153N5O5S. The molecule has 0 saturated carbocycles. The number of nitrogens with zero attached hydrogens (tertiary/aromatic N) is 4. The standard InChI is InChI=1S/C8H15N3.C8H17NO.C8H18.2C8H16.C8H14.C7H15NO.C7H14O2.C6H14O.C6H14S/c1-6(2)8-5-11(7(3)4)10-9-8;1-6(2)8(10)9(5)7(3)4;4*1-7(2)5-6-8(3)4;1-5(2)7(9)8-6(3)4;1-5(2)7(8)9-6(3)4;2*1-5(2)7-6(3)4/h5-7H,1-4H3;6-7H,1-5H3;7-8H,5-6H2,1-4H3;2*5-8H,1-4H3;7-8H,1-4H3;5-6H,1-4H3,(H,8,9);5-6H,1-4H3;2*5-6H,1-4H3/b;;;6-5+;6-5-;;;;;. The molecule has 1 aromatic heterocycles. The number of rotatable bonds is 19. The summed E-state index contributed by atoms with van der Waals surface area (Å²) < 4.78 is 12.0. The van der Waals surface area contributed by atoms with E-state index in [1.807, 2.05) is 140 Å². The Balaban J connectivity index is -0.000000108. The molecular weight excluding hydrogens is 1070 g/mol. The first-order valence-corrected chi connectivity index (χ1v) is 34.2. The molecule has 1 N–H and O–H groups in total. The summed E-state index contributed by atoms with van der Waals surface area (Å²) in [4.78, 5) is 34.6. The topological polar surface area (TPSA) is 116 Å². The Bertz CT molecular complexity index is 1580. The van der Waals surface area contributed by atoms with Crippen molar-refractivity contribution in [1.82, 2.24) is 25.2 Å². The van der Waals surface area contributed by atoms with Crippen LogP contribution in [0.1, 0.15) is 307 Å². The lowest BCUT2D eigenvalue weighted by Crippen LogP contribution is -2.35. The van der Waals surface area contributed by atoms with E-state index in [2.05, 4.69) is 218 Å². The van der Waals surface area contributed by atoms with Crippen molar-refractivity contribution in [3.05, 3.63) is 36.2 Å². The van der Waals surface area contributed by atoms with Crippen LogP contribution in [0, 0.1) is 76.9 Å². The summed E-state index contributed by atoms with van der Waals surface area (Å²) in [5, 5.41) is 12.4. The van der Waals surface area contributed by atoms with Crippen LogP contribution in [-0.2, 0) is 23.9 Å². The lowest BCUT2D eigenvalue weighted by atomic mass is 10.0. The van der Waals surface area contributed by atoms with Crippen molar-refractivity contribution in [3.8, 4) is 11.8 Å². The monoisotopic (exact) mass is 1220 g/mol. The Morgan fingerprint density at radius 1 is 0.518 bits per heavy atom. The molecule has 2 amide bonds. The van der Waals surface area contributed by atoms with Gasteiger partial charge in [0, 0.05) is 55.0 Å². The molecule has 1 heterocycles. The summed E-state index contributed by atoms with van der Waals surface area (Å²) in [7, 11) is 1.84. The first-order valence-electron chi connectivity index (χ1n) is 33.3. The molecule has 0 atom stereocenters. The molecule has 0 spiro atoms. The molecule has 85 heavy (non-hydrogen) atoms. The highest BCUT2D eigenvalue weighted by molar-refractivity contribution is 8.00.